The number of rotatable bonds is 16. The van der Waals surface area contributed by atoms with E-state index in [2.05, 4.69) is 43.4 Å². The Morgan fingerprint density at radius 2 is 0.884 bits per heavy atom. The maximum atomic E-state index is 11.6. The Kier molecular flexibility index (Phi) is 14.5. The zero-order valence-corrected chi connectivity index (χ0v) is 38.0. The van der Waals surface area contributed by atoms with Gasteiger partial charge in [0.2, 0.25) is 11.8 Å². The van der Waals surface area contributed by atoms with E-state index >= 15 is 0 Å². The summed E-state index contributed by atoms with van der Waals surface area (Å²) in [5.74, 6) is 0.688. The van der Waals surface area contributed by atoms with Gasteiger partial charge in [-0.3, -0.25) is 9.59 Å². The molecule has 0 fully saturated rings. The Labute approximate surface area is 397 Å². The van der Waals surface area contributed by atoms with E-state index in [-0.39, 0.29) is 31.5 Å². The van der Waals surface area contributed by atoms with Gasteiger partial charge in [-0.25, -0.2) is 9.97 Å². The molecule has 0 amide bonds. The normalized spacial score (nSPS) is 10.9. The Hall–Kier alpha value is -8.68. The zero-order chi connectivity index (χ0) is 47.0. The van der Waals surface area contributed by atoms with Gasteiger partial charge in [-0.2, -0.15) is 0 Å². The summed E-state index contributed by atoms with van der Waals surface area (Å²) in [6.07, 6.45) is 3.10. The number of aliphatic carboxylic acids is 2. The SMILES string of the molecule is Cc1c(CC(=O)O)c2cc(OCc3coc(-c4ccccc4)n3)ccc2n1Cc1ccccc1.Cc1c(CC(=O)O)c2cc(OCc3coc(-c4ccccc4)n3)ccc2n1Cc1ccccc1.O. The number of carboxylic acids is 2. The third-order valence-electron chi connectivity index (χ3n) is 11.8. The maximum absolute atomic E-state index is 11.6. The first-order valence-corrected chi connectivity index (χ1v) is 22.2. The summed E-state index contributed by atoms with van der Waals surface area (Å²) in [6.45, 7) is 5.79. The van der Waals surface area contributed by atoms with Crippen LogP contribution in [0.15, 0.2) is 179 Å². The van der Waals surface area contributed by atoms with Crippen LogP contribution in [0.3, 0.4) is 0 Å². The molecule has 348 valence electrons. The largest absolute Gasteiger partial charge is 0.487 e. The number of ether oxygens (including phenoxy) is 2. The van der Waals surface area contributed by atoms with Gasteiger partial charge < -0.3 is 43.1 Å². The summed E-state index contributed by atoms with van der Waals surface area (Å²) in [6, 6.07) is 51.3. The quantitative estimate of drug-likeness (QED) is 0.0944. The minimum Gasteiger partial charge on any atom is -0.487 e. The summed E-state index contributed by atoms with van der Waals surface area (Å²) in [7, 11) is 0. The Morgan fingerprint density at radius 1 is 0.522 bits per heavy atom. The molecule has 0 aliphatic heterocycles. The highest BCUT2D eigenvalue weighted by Gasteiger charge is 2.20. The van der Waals surface area contributed by atoms with Crippen molar-refractivity contribution < 1.29 is 43.6 Å². The van der Waals surface area contributed by atoms with E-state index in [0.717, 1.165) is 66.6 Å². The van der Waals surface area contributed by atoms with Crippen molar-refractivity contribution >= 4 is 33.7 Å². The van der Waals surface area contributed by atoms with Crippen LogP contribution in [-0.2, 0) is 48.7 Å². The van der Waals surface area contributed by atoms with Gasteiger partial charge in [0.15, 0.2) is 0 Å². The third kappa shape index (κ3) is 11.0. The molecule has 0 atom stereocenters. The lowest BCUT2D eigenvalue weighted by Crippen LogP contribution is -2.05. The van der Waals surface area contributed by atoms with E-state index in [1.54, 1.807) is 12.5 Å². The lowest BCUT2D eigenvalue weighted by molar-refractivity contribution is -0.137. The molecule has 0 spiro atoms. The van der Waals surface area contributed by atoms with Gasteiger partial charge in [0, 0.05) is 57.4 Å². The minimum atomic E-state index is -0.857. The summed E-state index contributed by atoms with van der Waals surface area (Å²) in [4.78, 5) is 32.2. The lowest BCUT2D eigenvalue weighted by Gasteiger charge is -2.09. The molecule has 13 nitrogen and oxygen atoms in total. The van der Waals surface area contributed by atoms with Crippen molar-refractivity contribution in [3.8, 4) is 34.4 Å². The molecule has 0 saturated heterocycles. The molecule has 0 aliphatic carbocycles. The molecule has 10 rings (SSSR count). The van der Waals surface area contributed by atoms with Crippen LogP contribution in [0, 0.1) is 13.8 Å². The first kappa shape index (κ1) is 46.8. The second kappa shape index (κ2) is 21.3. The number of hydrogen-bond acceptors (Lipinski definition) is 8. The van der Waals surface area contributed by atoms with Crippen molar-refractivity contribution in [2.45, 2.75) is 53.0 Å². The molecule has 6 aromatic carbocycles. The molecule has 69 heavy (non-hydrogen) atoms. The van der Waals surface area contributed by atoms with Crippen LogP contribution in [0.4, 0.5) is 0 Å². The topological polar surface area (TPSA) is 186 Å². The van der Waals surface area contributed by atoms with E-state index in [0.29, 0.717) is 47.8 Å². The molecule has 0 bridgehead atoms. The predicted octanol–water partition coefficient (Wildman–Crippen LogP) is 10.9. The minimum absolute atomic E-state index is 0. The number of fused-ring (bicyclic) bond motifs is 2. The monoisotopic (exact) mass is 922 g/mol. The summed E-state index contributed by atoms with van der Waals surface area (Å²) >= 11 is 0. The fourth-order valence-electron chi connectivity index (χ4n) is 8.42. The number of hydrogen-bond donors (Lipinski definition) is 2. The standard InChI is InChI=1S/2C28H24N2O4.H2O/c2*1-19-24(15-27(31)32)25-14-23(12-13-26(25)30(19)16-20-8-4-2-5-9-20)33-17-22-18-34-28(29-22)21-10-6-3-7-11-21;/h2*2-14,18H,15-17H2,1H3,(H,31,32);1H2. The van der Waals surface area contributed by atoms with Gasteiger partial charge in [0.1, 0.15) is 48.6 Å². The van der Waals surface area contributed by atoms with Gasteiger partial charge in [-0.15, -0.1) is 0 Å². The molecule has 0 unspecified atom stereocenters. The van der Waals surface area contributed by atoms with E-state index < -0.39 is 11.9 Å². The van der Waals surface area contributed by atoms with Crippen LogP contribution in [0.1, 0.15) is 45.0 Å². The van der Waals surface area contributed by atoms with Crippen molar-refractivity contribution in [3.63, 3.8) is 0 Å². The van der Waals surface area contributed by atoms with Crippen LogP contribution in [0.2, 0.25) is 0 Å². The summed E-state index contributed by atoms with van der Waals surface area (Å²) in [5, 5.41) is 20.8. The van der Waals surface area contributed by atoms with Crippen LogP contribution >= 0.6 is 0 Å². The van der Waals surface area contributed by atoms with Crippen LogP contribution in [-0.4, -0.2) is 46.7 Å². The number of carbonyl (C=O) groups is 2. The predicted molar refractivity (Wildman–Crippen MR) is 263 cm³/mol. The van der Waals surface area contributed by atoms with Crippen molar-refractivity contribution in [3.05, 3.63) is 215 Å². The van der Waals surface area contributed by atoms with Crippen molar-refractivity contribution in [2.75, 3.05) is 0 Å². The first-order chi connectivity index (χ1) is 33.2. The molecule has 10 aromatic rings. The van der Waals surface area contributed by atoms with Crippen molar-refractivity contribution in [2.24, 2.45) is 0 Å². The average Bonchev–Trinajstić information content (AvgIpc) is 4.15. The van der Waals surface area contributed by atoms with Gasteiger partial charge in [-0.05, 0) is 96.8 Å². The van der Waals surface area contributed by atoms with Gasteiger partial charge in [0.25, 0.3) is 0 Å². The third-order valence-corrected chi connectivity index (χ3v) is 11.8. The van der Waals surface area contributed by atoms with Crippen LogP contribution < -0.4 is 9.47 Å². The summed E-state index contributed by atoms with van der Waals surface area (Å²) < 4.78 is 27.5. The molecule has 0 saturated carbocycles. The highest BCUT2D eigenvalue weighted by atomic mass is 16.5. The molecule has 4 heterocycles. The highest BCUT2D eigenvalue weighted by Crippen LogP contribution is 2.33. The van der Waals surface area contributed by atoms with E-state index in [1.807, 2.05) is 147 Å². The number of oxazole rings is 2. The summed E-state index contributed by atoms with van der Waals surface area (Å²) in [5.41, 5.74) is 11.0. The number of benzene rings is 6. The van der Waals surface area contributed by atoms with Crippen LogP contribution in [0.5, 0.6) is 11.5 Å². The lowest BCUT2D eigenvalue weighted by atomic mass is 10.1. The number of carboxylic acid groups (broad SMARTS) is 2. The first-order valence-electron chi connectivity index (χ1n) is 22.2. The van der Waals surface area contributed by atoms with Crippen molar-refractivity contribution in [1.29, 1.82) is 0 Å². The molecule has 0 aliphatic rings. The Bertz CT molecular complexity index is 3100. The fraction of sp³-hybridized carbons (Fsp3) is 0.143. The van der Waals surface area contributed by atoms with Crippen molar-refractivity contribution in [1.82, 2.24) is 19.1 Å². The van der Waals surface area contributed by atoms with E-state index in [1.165, 1.54) is 0 Å². The molecule has 4 N–H and O–H groups in total. The molecular formula is C56H50N4O9. The zero-order valence-electron chi connectivity index (χ0n) is 38.0. The van der Waals surface area contributed by atoms with Gasteiger partial charge in [-0.1, -0.05) is 97.1 Å². The molecular weight excluding hydrogens is 873 g/mol. The molecule has 13 heteroatoms. The number of nitrogens with zero attached hydrogens (tertiary/aromatic N) is 4. The fourth-order valence-corrected chi connectivity index (χ4v) is 8.42. The second-order valence-corrected chi connectivity index (χ2v) is 16.4. The maximum Gasteiger partial charge on any atom is 0.307 e. The smallest absolute Gasteiger partial charge is 0.307 e. The van der Waals surface area contributed by atoms with E-state index in [4.69, 9.17) is 18.3 Å². The van der Waals surface area contributed by atoms with Gasteiger partial charge in [0.05, 0.1) is 12.8 Å². The highest BCUT2D eigenvalue weighted by molar-refractivity contribution is 5.91. The van der Waals surface area contributed by atoms with E-state index in [9.17, 15) is 19.8 Å². The average molecular weight is 923 g/mol. The van der Waals surface area contributed by atoms with Gasteiger partial charge >= 0.3 is 11.9 Å². The Morgan fingerprint density at radius 3 is 1.25 bits per heavy atom. The molecule has 0 radical (unpaired) electrons. The Balaban J connectivity index is 0.000000183. The molecule has 4 aromatic heterocycles. The number of aromatic nitrogens is 4. The second-order valence-electron chi connectivity index (χ2n) is 16.4. The van der Waals surface area contributed by atoms with Crippen LogP contribution in [0.25, 0.3) is 44.7 Å².